The Morgan fingerprint density at radius 3 is 2.47 bits per heavy atom. The van der Waals surface area contributed by atoms with Gasteiger partial charge in [-0.3, -0.25) is 4.90 Å². The molecule has 0 aromatic heterocycles. The van der Waals surface area contributed by atoms with Gasteiger partial charge in [0.15, 0.2) is 0 Å². The number of benzene rings is 1. The second-order valence-corrected chi connectivity index (χ2v) is 5.53. The summed E-state index contributed by atoms with van der Waals surface area (Å²) in [4.78, 5) is 2.36. The Balaban J connectivity index is 2.14. The van der Waals surface area contributed by atoms with Crippen LogP contribution in [0.3, 0.4) is 0 Å². The summed E-state index contributed by atoms with van der Waals surface area (Å²) in [6.07, 6.45) is 0.851. The van der Waals surface area contributed by atoms with E-state index in [4.69, 9.17) is 5.73 Å². The molecule has 94 valence electrons. The zero-order chi connectivity index (χ0) is 12.5. The van der Waals surface area contributed by atoms with Gasteiger partial charge in [0.05, 0.1) is 12.1 Å². The Labute approximate surface area is 103 Å². The van der Waals surface area contributed by atoms with Gasteiger partial charge in [-0.1, -0.05) is 30.3 Å². The number of rotatable bonds is 3. The summed E-state index contributed by atoms with van der Waals surface area (Å²) in [5.41, 5.74) is 6.93. The maximum absolute atomic E-state index is 9.49. The first kappa shape index (κ1) is 12.6. The Morgan fingerprint density at radius 2 is 1.94 bits per heavy atom. The van der Waals surface area contributed by atoms with Crippen LogP contribution in [-0.2, 0) is 6.54 Å². The predicted molar refractivity (Wildman–Crippen MR) is 69.6 cm³/mol. The maximum atomic E-state index is 9.49. The van der Waals surface area contributed by atoms with Crippen molar-refractivity contribution in [3.8, 4) is 0 Å². The van der Waals surface area contributed by atoms with Crippen molar-refractivity contribution < 1.29 is 5.11 Å². The van der Waals surface area contributed by atoms with Gasteiger partial charge in [-0.05, 0) is 25.8 Å². The van der Waals surface area contributed by atoms with Crippen LogP contribution in [-0.4, -0.2) is 34.2 Å². The highest BCUT2D eigenvalue weighted by molar-refractivity contribution is 5.17. The van der Waals surface area contributed by atoms with Gasteiger partial charge in [0.2, 0.25) is 0 Å². The molecule has 0 bridgehead atoms. The van der Waals surface area contributed by atoms with Crippen molar-refractivity contribution in [3.05, 3.63) is 35.9 Å². The molecule has 0 aliphatic carbocycles. The van der Waals surface area contributed by atoms with Crippen LogP contribution in [0.1, 0.15) is 25.8 Å². The summed E-state index contributed by atoms with van der Waals surface area (Å²) in [5.74, 6) is 0. The molecule has 0 saturated carbocycles. The Kier molecular flexibility index (Phi) is 3.25. The Morgan fingerprint density at radius 1 is 1.29 bits per heavy atom. The highest BCUT2D eigenvalue weighted by Gasteiger charge is 2.50. The molecule has 0 amide bonds. The van der Waals surface area contributed by atoms with Gasteiger partial charge in [0.25, 0.3) is 0 Å². The SMILES string of the molecule is CC1(C)N(Cc2ccccc2)CCC1(N)CO. The maximum Gasteiger partial charge on any atom is 0.0629 e. The fraction of sp³-hybridized carbons (Fsp3) is 0.571. The van der Waals surface area contributed by atoms with Crippen LogP contribution in [0.4, 0.5) is 0 Å². The molecule has 3 N–H and O–H groups in total. The molecule has 1 fully saturated rings. The lowest BCUT2D eigenvalue weighted by molar-refractivity contribution is 0.0723. The van der Waals surface area contributed by atoms with Gasteiger partial charge < -0.3 is 10.8 Å². The van der Waals surface area contributed by atoms with Crippen molar-refractivity contribution >= 4 is 0 Å². The van der Waals surface area contributed by atoms with Crippen molar-refractivity contribution in [2.75, 3.05) is 13.2 Å². The molecule has 1 atom stereocenters. The largest absolute Gasteiger partial charge is 0.394 e. The highest BCUT2D eigenvalue weighted by Crippen LogP contribution is 2.36. The number of hydrogen-bond donors (Lipinski definition) is 2. The van der Waals surface area contributed by atoms with E-state index in [1.807, 2.05) is 6.07 Å². The van der Waals surface area contributed by atoms with Crippen LogP contribution in [0.15, 0.2) is 30.3 Å². The molecule has 1 aliphatic rings. The molecule has 0 radical (unpaired) electrons. The Hall–Kier alpha value is -0.900. The van der Waals surface area contributed by atoms with Gasteiger partial charge in [-0.25, -0.2) is 0 Å². The minimum Gasteiger partial charge on any atom is -0.394 e. The average Bonchev–Trinajstić information content (AvgIpc) is 2.55. The molecule has 1 saturated heterocycles. The summed E-state index contributed by atoms with van der Waals surface area (Å²) < 4.78 is 0. The predicted octanol–water partition coefficient (Wildman–Crippen LogP) is 1.36. The molecule has 1 unspecified atom stereocenters. The molecule has 1 aromatic rings. The van der Waals surface area contributed by atoms with E-state index in [9.17, 15) is 5.11 Å². The Bertz CT molecular complexity index is 377. The first-order valence-corrected chi connectivity index (χ1v) is 6.18. The second-order valence-electron chi connectivity index (χ2n) is 5.53. The first-order valence-electron chi connectivity index (χ1n) is 6.18. The van der Waals surface area contributed by atoms with Crippen molar-refractivity contribution in [1.29, 1.82) is 0 Å². The second kappa shape index (κ2) is 4.41. The molecule has 1 aliphatic heterocycles. The molecule has 17 heavy (non-hydrogen) atoms. The molecule has 2 rings (SSSR count). The minimum atomic E-state index is -0.484. The fourth-order valence-corrected chi connectivity index (χ4v) is 2.59. The van der Waals surface area contributed by atoms with Crippen LogP contribution in [0.25, 0.3) is 0 Å². The normalized spacial score (nSPS) is 28.5. The molecular weight excluding hydrogens is 212 g/mol. The van der Waals surface area contributed by atoms with E-state index in [2.05, 4.69) is 43.0 Å². The summed E-state index contributed by atoms with van der Waals surface area (Å²) in [6.45, 7) is 6.13. The summed E-state index contributed by atoms with van der Waals surface area (Å²) in [5, 5.41) is 9.49. The van der Waals surface area contributed by atoms with Crippen LogP contribution in [0, 0.1) is 0 Å². The van der Waals surface area contributed by atoms with E-state index in [-0.39, 0.29) is 12.1 Å². The van der Waals surface area contributed by atoms with E-state index in [1.54, 1.807) is 0 Å². The summed E-state index contributed by atoms with van der Waals surface area (Å²) >= 11 is 0. The zero-order valence-corrected chi connectivity index (χ0v) is 10.7. The minimum absolute atomic E-state index is 0.0469. The standard InChI is InChI=1S/C14H22N2O/c1-13(2)14(15,11-17)8-9-16(13)10-12-6-4-3-5-7-12/h3-7,17H,8-11,15H2,1-2H3. The van der Waals surface area contributed by atoms with Crippen molar-refractivity contribution in [3.63, 3.8) is 0 Å². The third kappa shape index (κ3) is 2.10. The van der Waals surface area contributed by atoms with Gasteiger partial charge in [0.1, 0.15) is 0 Å². The van der Waals surface area contributed by atoms with E-state index in [0.717, 1.165) is 19.5 Å². The van der Waals surface area contributed by atoms with Gasteiger partial charge >= 0.3 is 0 Å². The van der Waals surface area contributed by atoms with E-state index in [0.29, 0.717) is 0 Å². The lowest BCUT2D eigenvalue weighted by Crippen LogP contribution is -2.61. The number of likely N-dealkylation sites (tertiary alicyclic amines) is 1. The molecule has 0 spiro atoms. The number of hydrogen-bond acceptors (Lipinski definition) is 3. The van der Waals surface area contributed by atoms with E-state index >= 15 is 0 Å². The zero-order valence-electron chi connectivity index (χ0n) is 10.7. The molecule has 3 nitrogen and oxygen atoms in total. The van der Waals surface area contributed by atoms with Crippen LogP contribution < -0.4 is 5.73 Å². The van der Waals surface area contributed by atoms with Crippen molar-refractivity contribution in [2.45, 2.75) is 37.9 Å². The topological polar surface area (TPSA) is 49.5 Å². The van der Waals surface area contributed by atoms with Gasteiger partial charge in [-0.2, -0.15) is 0 Å². The van der Waals surface area contributed by atoms with Crippen molar-refractivity contribution in [1.82, 2.24) is 4.90 Å². The third-order valence-corrected chi connectivity index (χ3v) is 4.34. The smallest absolute Gasteiger partial charge is 0.0629 e. The lowest BCUT2D eigenvalue weighted by atomic mass is 9.81. The number of nitrogens with zero attached hydrogens (tertiary/aromatic N) is 1. The quantitative estimate of drug-likeness (QED) is 0.830. The average molecular weight is 234 g/mol. The van der Waals surface area contributed by atoms with E-state index < -0.39 is 5.54 Å². The third-order valence-electron chi connectivity index (χ3n) is 4.34. The lowest BCUT2D eigenvalue weighted by Gasteiger charge is -2.41. The monoisotopic (exact) mass is 234 g/mol. The highest BCUT2D eigenvalue weighted by atomic mass is 16.3. The van der Waals surface area contributed by atoms with Gasteiger partial charge in [0, 0.05) is 18.6 Å². The van der Waals surface area contributed by atoms with Crippen LogP contribution >= 0.6 is 0 Å². The number of aliphatic hydroxyl groups is 1. The molecular formula is C14H22N2O. The first-order chi connectivity index (χ1) is 7.99. The molecule has 1 aromatic carbocycles. The fourth-order valence-electron chi connectivity index (χ4n) is 2.59. The molecule has 1 heterocycles. The van der Waals surface area contributed by atoms with E-state index in [1.165, 1.54) is 5.56 Å². The number of aliphatic hydroxyl groups excluding tert-OH is 1. The number of nitrogens with two attached hydrogens (primary N) is 1. The molecule has 3 heteroatoms. The van der Waals surface area contributed by atoms with Crippen molar-refractivity contribution in [2.24, 2.45) is 5.73 Å². The van der Waals surface area contributed by atoms with Crippen LogP contribution in [0.5, 0.6) is 0 Å². The summed E-state index contributed by atoms with van der Waals surface area (Å²) in [7, 11) is 0. The van der Waals surface area contributed by atoms with Gasteiger partial charge in [-0.15, -0.1) is 0 Å². The summed E-state index contributed by atoms with van der Waals surface area (Å²) in [6, 6.07) is 10.4. The van der Waals surface area contributed by atoms with Crippen LogP contribution in [0.2, 0.25) is 0 Å².